The van der Waals surface area contributed by atoms with Gasteiger partial charge in [-0.3, -0.25) is 9.13 Å². The summed E-state index contributed by atoms with van der Waals surface area (Å²) in [6.07, 6.45) is 0. The first-order valence-corrected chi connectivity index (χ1v) is 28.9. The van der Waals surface area contributed by atoms with Gasteiger partial charge in [-0.25, -0.2) is 19.9 Å². The molecular weight excluding hydrogens is 1020 g/mol. The number of nitrogens with zero attached hydrogens (tertiary/aromatic N) is 6. The number of rotatable bonds is 10. The van der Waals surface area contributed by atoms with Crippen molar-refractivity contribution in [3.05, 3.63) is 278 Å². The number of hydrogen-bond acceptors (Lipinski definition) is 4. The Kier molecular flexibility index (Phi) is 12.9. The summed E-state index contributed by atoms with van der Waals surface area (Å²) in [5, 5.41) is 0. The van der Waals surface area contributed by atoms with Crippen molar-refractivity contribution in [3.8, 4) is 101 Å². The molecule has 0 aliphatic rings. The molecule has 0 bridgehead atoms. The van der Waals surface area contributed by atoms with Gasteiger partial charge in [0.1, 0.15) is 11.6 Å². The third-order valence-electron chi connectivity index (χ3n) is 16.3. The van der Waals surface area contributed by atoms with Crippen molar-refractivity contribution in [1.29, 1.82) is 0 Å². The number of para-hydroxylation sites is 6. The summed E-state index contributed by atoms with van der Waals surface area (Å²) in [6, 6.07) is 95.3. The van der Waals surface area contributed by atoms with Gasteiger partial charge < -0.3 is 0 Å². The van der Waals surface area contributed by atoms with Crippen LogP contribution in [0.25, 0.3) is 134 Å². The second kappa shape index (κ2) is 20.9. The van der Waals surface area contributed by atoms with Gasteiger partial charge in [-0.2, -0.15) is 0 Å². The monoisotopic (exact) mass is 1080 g/mol. The van der Waals surface area contributed by atoms with Crippen LogP contribution >= 0.6 is 0 Å². The van der Waals surface area contributed by atoms with E-state index in [4.69, 9.17) is 19.9 Å². The van der Waals surface area contributed by atoms with Crippen LogP contribution in [0, 0.1) is 0 Å². The van der Waals surface area contributed by atoms with Crippen LogP contribution in [0.15, 0.2) is 267 Å². The summed E-state index contributed by atoms with van der Waals surface area (Å²) < 4.78 is 4.49. The number of benzene rings is 11. The summed E-state index contributed by atoms with van der Waals surface area (Å²) in [5.41, 5.74) is 25.2. The fourth-order valence-corrected chi connectivity index (χ4v) is 11.7. The van der Waals surface area contributed by atoms with Crippen molar-refractivity contribution in [2.45, 2.75) is 52.4 Å². The molecule has 0 aliphatic heterocycles. The number of imidazole rings is 2. The normalized spacial score (nSPS) is 11.9. The zero-order valence-corrected chi connectivity index (χ0v) is 48.1. The predicted octanol–water partition coefficient (Wildman–Crippen LogP) is 20.2. The first-order valence-electron chi connectivity index (χ1n) is 28.9. The second-order valence-corrected chi connectivity index (χ2v) is 24.0. The van der Waals surface area contributed by atoms with Crippen molar-refractivity contribution >= 4 is 33.1 Å². The van der Waals surface area contributed by atoms with Gasteiger partial charge in [0.2, 0.25) is 0 Å². The van der Waals surface area contributed by atoms with Gasteiger partial charge in [0.05, 0.1) is 44.5 Å². The van der Waals surface area contributed by atoms with E-state index in [0.717, 1.165) is 134 Å². The van der Waals surface area contributed by atoms with Crippen molar-refractivity contribution in [3.63, 3.8) is 0 Å². The molecular formula is C78H62N6. The van der Waals surface area contributed by atoms with Crippen LogP contribution in [0.2, 0.25) is 0 Å². The Labute approximate surface area is 491 Å². The summed E-state index contributed by atoms with van der Waals surface area (Å²) >= 11 is 0. The average Bonchev–Trinajstić information content (AvgIpc) is 2.39. The van der Waals surface area contributed by atoms with Crippen LogP contribution in [0.1, 0.15) is 52.7 Å². The van der Waals surface area contributed by atoms with E-state index in [9.17, 15) is 0 Å². The Morgan fingerprint density at radius 3 is 0.869 bits per heavy atom. The largest absolute Gasteiger partial charge is 0.292 e. The average molecular weight is 1080 g/mol. The Morgan fingerprint density at radius 1 is 0.250 bits per heavy atom. The molecule has 14 rings (SSSR count). The maximum absolute atomic E-state index is 5.63. The minimum absolute atomic E-state index is 0.0263. The standard InChI is InChI=1S/C78H62N6/c1-77(2,3)61-45-41-55(42-46-61)65-49-69-70(50-66(65)56-43-47-62(48-44-56)78(4,5)6)80-74(58-35-27-52(28-36-58)54-31-39-60(40-32-54)76-82-68-22-14-16-24-72(68)84(76)64-19-11-8-12-20-64)73(79-69)57-33-25-51(26-34-57)53-29-37-59(38-30-53)75-81-67-21-13-15-23-71(67)83(75)63-17-9-7-10-18-63/h7-50H,1-6H3. The van der Waals surface area contributed by atoms with Gasteiger partial charge in [0, 0.05) is 33.6 Å². The fraction of sp³-hybridized carbons (Fsp3) is 0.103. The third kappa shape index (κ3) is 9.75. The van der Waals surface area contributed by atoms with E-state index >= 15 is 0 Å². The molecule has 3 aromatic heterocycles. The highest BCUT2D eigenvalue weighted by Crippen LogP contribution is 2.41. The van der Waals surface area contributed by atoms with Crippen molar-refractivity contribution in [2.24, 2.45) is 0 Å². The smallest absolute Gasteiger partial charge is 0.145 e. The van der Waals surface area contributed by atoms with Crippen LogP contribution in [-0.4, -0.2) is 29.1 Å². The van der Waals surface area contributed by atoms with Crippen molar-refractivity contribution in [1.82, 2.24) is 29.1 Å². The quantitative estimate of drug-likeness (QED) is 0.137. The molecule has 14 aromatic rings. The Hall–Kier alpha value is -10.3. The van der Waals surface area contributed by atoms with Crippen LogP contribution < -0.4 is 0 Å². The number of hydrogen-bond donors (Lipinski definition) is 0. The summed E-state index contributed by atoms with van der Waals surface area (Å²) in [6.45, 7) is 13.6. The molecule has 404 valence electrons. The molecule has 0 fully saturated rings. The highest BCUT2D eigenvalue weighted by atomic mass is 15.1. The molecule has 0 radical (unpaired) electrons. The molecule has 0 spiro atoms. The van der Waals surface area contributed by atoms with E-state index in [2.05, 4.69) is 293 Å². The van der Waals surface area contributed by atoms with Crippen LogP contribution in [0.4, 0.5) is 0 Å². The Bertz CT molecular complexity index is 4390. The van der Waals surface area contributed by atoms with Gasteiger partial charge >= 0.3 is 0 Å². The highest BCUT2D eigenvalue weighted by molar-refractivity contribution is 5.96. The van der Waals surface area contributed by atoms with E-state index in [-0.39, 0.29) is 10.8 Å². The second-order valence-electron chi connectivity index (χ2n) is 24.0. The van der Waals surface area contributed by atoms with Crippen LogP contribution in [0.3, 0.4) is 0 Å². The molecule has 6 heteroatoms. The van der Waals surface area contributed by atoms with E-state index < -0.39 is 0 Å². The molecule has 11 aromatic carbocycles. The van der Waals surface area contributed by atoms with E-state index in [1.807, 2.05) is 24.3 Å². The lowest BCUT2D eigenvalue weighted by Gasteiger charge is -2.21. The van der Waals surface area contributed by atoms with Crippen LogP contribution in [0.5, 0.6) is 0 Å². The third-order valence-corrected chi connectivity index (χ3v) is 16.3. The zero-order valence-electron chi connectivity index (χ0n) is 48.1. The maximum Gasteiger partial charge on any atom is 0.145 e. The first kappa shape index (κ1) is 51.8. The fourth-order valence-electron chi connectivity index (χ4n) is 11.7. The molecule has 0 saturated heterocycles. The van der Waals surface area contributed by atoms with E-state index in [1.165, 1.54) is 11.1 Å². The van der Waals surface area contributed by atoms with Gasteiger partial charge in [0.15, 0.2) is 0 Å². The van der Waals surface area contributed by atoms with Gasteiger partial charge in [-0.15, -0.1) is 0 Å². The lowest BCUT2D eigenvalue weighted by Crippen LogP contribution is -2.10. The van der Waals surface area contributed by atoms with Crippen molar-refractivity contribution in [2.75, 3.05) is 0 Å². The summed E-state index contributed by atoms with van der Waals surface area (Å²) in [5.74, 6) is 1.82. The topological polar surface area (TPSA) is 61.4 Å². The maximum atomic E-state index is 5.63. The predicted molar refractivity (Wildman–Crippen MR) is 350 cm³/mol. The highest BCUT2D eigenvalue weighted by Gasteiger charge is 2.22. The van der Waals surface area contributed by atoms with Gasteiger partial charge in [0.25, 0.3) is 0 Å². The summed E-state index contributed by atoms with van der Waals surface area (Å²) in [7, 11) is 0. The Balaban J connectivity index is 0.857. The molecule has 0 N–H and O–H groups in total. The molecule has 0 aliphatic carbocycles. The van der Waals surface area contributed by atoms with E-state index in [0.29, 0.717) is 0 Å². The molecule has 0 saturated carbocycles. The SMILES string of the molecule is CC(C)(C)c1ccc(-c2cc3nc(-c4ccc(-c5ccc(-c6nc7ccccc7n6-c6ccccc6)cc5)cc4)c(-c4ccc(-c5ccc(-c6nc7ccccc7n6-c6ccccc6)cc5)cc4)nc3cc2-c2ccc(C(C)(C)C)cc2)cc1. The molecule has 6 nitrogen and oxygen atoms in total. The molecule has 3 heterocycles. The lowest BCUT2D eigenvalue weighted by atomic mass is 9.84. The molecule has 0 unspecified atom stereocenters. The molecule has 0 atom stereocenters. The van der Waals surface area contributed by atoms with Gasteiger partial charge in [-0.05, 0) is 127 Å². The number of fused-ring (bicyclic) bond motifs is 3. The van der Waals surface area contributed by atoms with Gasteiger partial charge in [-0.1, -0.05) is 248 Å². The molecule has 84 heavy (non-hydrogen) atoms. The Morgan fingerprint density at radius 2 is 0.536 bits per heavy atom. The lowest BCUT2D eigenvalue weighted by molar-refractivity contribution is 0.590. The minimum atomic E-state index is 0.0263. The zero-order chi connectivity index (χ0) is 57.1. The van der Waals surface area contributed by atoms with E-state index in [1.54, 1.807) is 0 Å². The minimum Gasteiger partial charge on any atom is -0.292 e. The number of aromatic nitrogens is 6. The first-order chi connectivity index (χ1) is 40.9. The summed E-state index contributed by atoms with van der Waals surface area (Å²) in [4.78, 5) is 21.5. The van der Waals surface area contributed by atoms with Crippen molar-refractivity contribution < 1.29 is 0 Å². The molecule has 0 amide bonds. The van der Waals surface area contributed by atoms with Crippen LogP contribution in [-0.2, 0) is 10.8 Å².